The highest BCUT2D eigenvalue weighted by Gasteiger charge is 2.30. The first-order valence-electron chi connectivity index (χ1n) is 9.23. The molecule has 2 atom stereocenters. The molecule has 6 heteroatoms. The Morgan fingerprint density at radius 2 is 2.08 bits per heavy atom. The van der Waals surface area contributed by atoms with Crippen molar-refractivity contribution in [3.05, 3.63) is 48.3 Å². The molecule has 2 aromatic heterocycles. The largest absolute Gasteiger partial charge is 0.350 e. The number of piperidine rings is 1. The number of hydrogen-bond donors (Lipinski definition) is 1. The van der Waals surface area contributed by atoms with Crippen LogP contribution in [-0.2, 0) is 24.3 Å². The number of fused-ring (bicyclic) bond motifs is 1. The van der Waals surface area contributed by atoms with Gasteiger partial charge >= 0.3 is 0 Å². The van der Waals surface area contributed by atoms with Crippen LogP contribution in [0.5, 0.6) is 0 Å². The molecule has 2 aliphatic heterocycles. The summed E-state index contributed by atoms with van der Waals surface area (Å²) in [6.45, 7) is 2.63. The molecule has 0 bridgehead atoms. The third kappa shape index (κ3) is 3.74. The fourth-order valence-corrected chi connectivity index (χ4v) is 3.98. The molecule has 4 heterocycles. The third-order valence-corrected chi connectivity index (χ3v) is 5.33. The van der Waals surface area contributed by atoms with Crippen LogP contribution in [0.3, 0.4) is 0 Å². The Balaban J connectivity index is 1.39. The zero-order valence-corrected chi connectivity index (χ0v) is 14.5. The summed E-state index contributed by atoms with van der Waals surface area (Å²) in [4.78, 5) is 23.7. The number of imidazole rings is 1. The van der Waals surface area contributed by atoms with Gasteiger partial charge in [0.1, 0.15) is 5.82 Å². The average molecular weight is 339 g/mol. The standard InChI is InChI=1S/C19H25N5O/c25-19(22-16-4-5-18-21-10-12-24(18)14-16)17-3-1-2-11-23(17)13-15-6-8-20-9-7-15/h6-10,12,16-17H,1-5,11,13-14H2,(H,22,25)/t16-,17+/m0/s1. The fraction of sp³-hybridized carbons (Fsp3) is 0.526. The molecule has 1 amide bonds. The first kappa shape index (κ1) is 16.3. The first-order chi connectivity index (χ1) is 12.3. The molecule has 0 radical (unpaired) electrons. The van der Waals surface area contributed by atoms with Crippen LogP contribution in [0.2, 0.25) is 0 Å². The molecule has 2 aliphatic rings. The second kappa shape index (κ2) is 7.35. The van der Waals surface area contributed by atoms with Crippen LogP contribution in [0.1, 0.15) is 37.1 Å². The number of carbonyl (C=O) groups excluding carboxylic acids is 1. The molecule has 1 saturated heterocycles. The number of nitrogens with one attached hydrogen (secondary N) is 1. The van der Waals surface area contributed by atoms with Gasteiger partial charge in [0, 0.05) is 50.3 Å². The predicted molar refractivity (Wildman–Crippen MR) is 94.8 cm³/mol. The predicted octanol–water partition coefficient (Wildman–Crippen LogP) is 1.76. The summed E-state index contributed by atoms with van der Waals surface area (Å²) in [6, 6.07) is 4.25. The maximum absolute atomic E-state index is 12.9. The lowest BCUT2D eigenvalue weighted by atomic mass is 9.99. The van der Waals surface area contributed by atoms with E-state index in [2.05, 4.69) is 24.8 Å². The Morgan fingerprint density at radius 3 is 2.96 bits per heavy atom. The zero-order chi connectivity index (χ0) is 17.1. The van der Waals surface area contributed by atoms with Gasteiger partial charge in [-0.1, -0.05) is 6.42 Å². The molecule has 0 aliphatic carbocycles. The van der Waals surface area contributed by atoms with Gasteiger partial charge in [0.25, 0.3) is 0 Å². The highest BCUT2D eigenvalue weighted by atomic mass is 16.2. The molecule has 0 unspecified atom stereocenters. The lowest BCUT2D eigenvalue weighted by Gasteiger charge is -2.36. The minimum absolute atomic E-state index is 0.0221. The summed E-state index contributed by atoms with van der Waals surface area (Å²) >= 11 is 0. The van der Waals surface area contributed by atoms with Gasteiger partial charge in [0.05, 0.1) is 6.04 Å². The molecular weight excluding hydrogens is 314 g/mol. The van der Waals surface area contributed by atoms with E-state index in [1.165, 1.54) is 5.56 Å². The van der Waals surface area contributed by atoms with Gasteiger partial charge < -0.3 is 9.88 Å². The molecule has 1 N–H and O–H groups in total. The molecule has 2 aromatic rings. The van der Waals surface area contributed by atoms with Crippen molar-refractivity contribution in [1.82, 2.24) is 24.8 Å². The maximum atomic E-state index is 12.9. The Hall–Kier alpha value is -2.21. The Labute approximate surface area is 148 Å². The summed E-state index contributed by atoms with van der Waals surface area (Å²) < 4.78 is 2.16. The van der Waals surface area contributed by atoms with E-state index < -0.39 is 0 Å². The topological polar surface area (TPSA) is 63.1 Å². The zero-order valence-electron chi connectivity index (χ0n) is 14.5. The summed E-state index contributed by atoms with van der Waals surface area (Å²) in [6.07, 6.45) is 12.6. The highest BCUT2D eigenvalue weighted by molar-refractivity contribution is 5.82. The molecule has 0 saturated carbocycles. The van der Waals surface area contributed by atoms with Crippen molar-refractivity contribution in [2.24, 2.45) is 0 Å². The van der Waals surface area contributed by atoms with Crippen LogP contribution >= 0.6 is 0 Å². The molecule has 132 valence electrons. The Morgan fingerprint density at radius 1 is 1.20 bits per heavy atom. The van der Waals surface area contributed by atoms with Crippen molar-refractivity contribution >= 4 is 5.91 Å². The van der Waals surface area contributed by atoms with Gasteiger partial charge in [-0.3, -0.25) is 14.7 Å². The SMILES string of the molecule is O=C(N[C@H]1CCc2nccn2C1)[C@H]1CCCCN1Cc1ccncc1. The number of likely N-dealkylation sites (tertiary alicyclic amines) is 1. The quantitative estimate of drug-likeness (QED) is 0.922. The van der Waals surface area contributed by atoms with Crippen LogP contribution < -0.4 is 5.32 Å². The maximum Gasteiger partial charge on any atom is 0.237 e. The van der Waals surface area contributed by atoms with Crippen LogP contribution in [0.25, 0.3) is 0 Å². The van der Waals surface area contributed by atoms with E-state index in [4.69, 9.17) is 0 Å². The number of rotatable bonds is 4. The van der Waals surface area contributed by atoms with E-state index in [0.717, 1.165) is 57.6 Å². The van der Waals surface area contributed by atoms with Crippen molar-refractivity contribution in [3.8, 4) is 0 Å². The molecular formula is C19H25N5O. The second-order valence-corrected chi connectivity index (χ2v) is 7.08. The van der Waals surface area contributed by atoms with Gasteiger partial charge in [-0.05, 0) is 43.5 Å². The minimum atomic E-state index is -0.0221. The number of aromatic nitrogens is 3. The van der Waals surface area contributed by atoms with Crippen LogP contribution in [0.15, 0.2) is 36.9 Å². The van der Waals surface area contributed by atoms with Crippen molar-refractivity contribution in [3.63, 3.8) is 0 Å². The fourth-order valence-electron chi connectivity index (χ4n) is 3.98. The number of pyridine rings is 1. The summed E-state index contributed by atoms with van der Waals surface area (Å²) in [7, 11) is 0. The molecule has 1 fully saturated rings. The Kier molecular flexibility index (Phi) is 4.78. The van der Waals surface area contributed by atoms with Crippen molar-refractivity contribution in [2.45, 2.75) is 57.3 Å². The van der Waals surface area contributed by atoms with Crippen LogP contribution in [0, 0.1) is 0 Å². The van der Waals surface area contributed by atoms with Crippen molar-refractivity contribution < 1.29 is 4.79 Å². The molecule has 6 nitrogen and oxygen atoms in total. The van der Waals surface area contributed by atoms with Crippen LogP contribution in [0.4, 0.5) is 0 Å². The molecule has 25 heavy (non-hydrogen) atoms. The van der Waals surface area contributed by atoms with Gasteiger partial charge in [0.15, 0.2) is 0 Å². The van der Waals surface area contributed by atoms with Crippen LogP contribution in [-0.4, -0.2) is 44.0 Å². The Bertz CT molecular complexity index is 714. The van der Waals surface area contributed by atoms with E-state index in [1.54, 1.807) is 0 Å². The normalized spacial score (nSPS) is 23.8. The molecule has 0 aromatic carbocycles. The lowest BCUT2D eigenvalue weighted by Crippen LogP contribution is -2.52. The number of amides is 1. The molecule has 0 spiro atoms. The summed E-state index contributed by atoms with van der Waals surface area (Å²) in [5.41, 5.74) is 1.22. The third-order valence-electron chi connectivity index (χ3n) is 5.33. The minimum Gasteiger partial charge on any atom is -0.350 e. The summed E-state index contributed by atoms with van der Waals surface area (Å²) in [5.74, 6) is 1.31. The monoisotopic (exact) mass is 339 g/mol. The number of carbonyl (C=O) groups is 1. The van der Waals surface area contributed by atoms with Gasteiger partial charge in [-0.15, -0.1) is 0 Å². The number of nitrogens with zero attached hydrogens (tertiary/aromatic N) is 4. The first-order valence-corrected chi connectivity index (χ1v) is 9.23. The van der Waals surface area contributed by atoms with Gasteiger partial charge in [-0.25, -0.2) is 4.98 Å². The van der Waals surface area contributed by atoms with E-state index in [0.29, 0.717) is 0 Å². The van der Waals surface area contributed by atoms with Gasteiger partial charge in [-0.2, -0.15) is 0 Å². The lowest BCUT2D eigenvalue weighted by molar-refractivity contribution is -0.128. The average Bonchev–Trinajstić information content (AvgIpc) is 3.11. The summed E-state index contributed by atoms with van der Waals surface area (Å²) in [5, 5.41) is 3.29. The molecule has 4 rings (SSSR count). The number of aryl methyl sites for hydroxylation is 1. The second-order valence-electron chi connectivity index (χ2n) is 7.08. The van der Waals surface area contributed by atoms with E-state index in [-0.39, 0.29) is 18.0 Å². The van der Waals surface area contributed by atoms with E-state index in [9.17, 15) is 4.79 Å². The van der Waals surface area contributed by atoms with E-state index >= 15 is 0 Å². The van der Waals surface area contributed by atoms with E-state index in [1.807, 2.05) is 36.9 Å². The highest BCUT2D eigenvalue weighted by Crippen LogP contribution is 2.21. The van der Waals surface area contributed by atoms with Crippen molar-refractivity contribution in [2.75, 3.05) is 6.54 Å². The number of hydrogen-bond acceptors (Lipinski definition) is 4. The smallest absolute Gasteiger partial charge is 0.237 e. The van der Waals surface area contributed by atoms with Gasteiger partial charge in [0.2, 0.25) is 5.91 Å². The van der Waals surface area contributed by atoms with Crippen molar-refractivity contribution in [1.29, 1.82) is 0 Å².